The quantitative estimate of drug-likeness (QED) is 0.719. The third-order valence-electron chi connectivity index (χ3n) is 2.18. The lowest BCUT2D eigenvalue weighted by molar-refractivity contribution is 0.0944. The molecule has 1 aromatic heterocycles. The minimum absolute atomic E-state index is 0.452. The van der Waals surface area contributed by atoms with E-state index in [1.807, 2.05) is 20.9 Å². The lowest BCUT2D eigenvalue weighted by Gasteiger charge is -2.19. The Labute approximate surface area is 96.3 Å². The van der Waals surface area contributed by atoms with Crippen LogP contribution in [-0.4, -0.2) is 34.3 Å². The normalized spacial score (nSPS) is 11.4. The van der Waals surface area contributed by atoms with Crippen molar-refractivity contribution in [2.24, 2.45) is 0 Å². The third kappa shape index (κ3) is 3.34. The Morgan fingerprint density at radius 1 is 1.19 bits per heavy atom. The van der Waals surface area contributed by atoms with E-state index in [-0.39, 0.29) is 0 Å². The van der Waals surface area contributed by atoms with E-state index in [9.17, 15) is 5.11 Å². The highest BCUT2D eigenvalue weighted by Crippen LogP contribution is 2.19. The highest BCUT2D eigenvalue weighted by molar-refractivity contribution is 5.56. The third-order valence-corrected chi connectivity index (χ3v) is 2.18. The fraction of sp³-hybridized carbons (Fsp3) is 0.636. The molecule has 1 rings (SSSR count). The first-order chi connectivity index (χ1) is 7.33. The molecular formula is C11H20N4O. The maximum atomic E-state index is 9.64. The lowest BCUT2D eigenvalue weighted by Crippen LogP contribution is -2.30. The van der Waals surface area contributed by atoms with Gasteiger partial charge in [0.05, 0.1) is 5.60 Å². The molecule has 90 valence electrons. The Kier molecular flexibility index (Phi) is 3.70. The predicted molar refractivity (Wildman–Crippen MR) is 65.8 cm³/mol. The van der Waals surface area contributed by atoms with Crippen molar-refractivity contribution in [1.82, 2.24) is 9.97 Å². The van der Waals surface area contributed by atoms with Gasteiger partial charge in [0, 0.05) is 19.2 Å². The molecule has 0 aliphatic rings. The van der Waals surface area contributed by atoms with Gasteiger partial charge in [-0.15, -0.1) is 0 Å². The molecule has 16 heavy (non-hydrogen) atoms. The number of anilines is 2. The summed E-state index contributed by atoms with van der Waals surface area (Å²) >= 11 is 0. The van der Waals surface area contributed by atoms with E-state index in [0.29, 0.717) is 12.4 Å². The second-order valence-corrected chi connectivity index (χ2v) is 4.51. The molecule has 1 aromatic rings. The van der Waals surface area contributed by atoms with Crippen molar-refractivity contribution in [3.63, 3.8) is 0 Å². The van der Waals surface area contributed by atoms with Crippen LogP contribution < -0.4 is 10.6 Å². The van der Waals surface area contributed by atoms with Gasteiger partial charge in [-0.1, -0.05) is 0 Å². The summed E-state index contributed by atoms with van der Waals surface area (Å²) in [5.74, 6) is 2.28. The molecule has 0 atom stereocenters. The van der Waals surface area contributed by atoms with E-state index >= 15 is 0 Å². The molecule has 0 aliphatic carbocycles. The van der Waals surface area contributed by atoms with Crippen LogP contribution in [0.3, 0.4) is 0 Å². The average molecular weight is 224 g/mol. The van der Waals surface area contributed by atoms with Crippen LogP contribution in [0.25, 0.3) is 0 Å². The predicted octanol–water partition coefficient (Wildman–Crippen LogP) is 1.32. The molecule has 0 saturated carbocycles. The molecule has 0 unspecified atom stereocenters. The molecular weight excluding hydrogens is 204 g/mol. The largest absolute Gasteiger partial charge is 0.389 e. The van der Waals surface area contributed by atoms with E-state index in [0.717, 1.165) is 17.2 Å². The van der Waals surface area contributed by atoms with Crippen LogP contribution >= 0.6 is 0 Å². The number of hydrogen-bond acceptors (Lipinski definition) is 5. The fourth-order valence-electron chi connectivity index (χ4n) is 1.34. The van der Waals surface area contributed by atoms with Gasteiger partial charge in [-0.05, 0) is 27.7 Å². The van der Waals surface area contributed by atoms with Crippen molar-refractivity contribution in [2.75, 3.05) is 24.2 Å². The first kappa shape index (κ1) is 12.7. The Morgan fingerprint density at radius 2 is 1.75 bits per heavy atom. The molecule has 0 amide bonds. The molecule has 1 heterocycles. The monoisotopic (exact) mass is 224 g/mol. The van der Waals surface area contributed by atoms with Crippen LogP contribution in [0.2, 0.25) is 0 Å². The van der Waals surface area contributed by atoms with Crippen molar-refractivity contribution in [1.29, 1.82) is 0 Å². The minimum Gasteiger partial charge on any atom is -0.389 e. The zero-order chi connectivity index (χ0) is 12.3. The van der Waals surface area contributed by atoms with E-state index in [1.54, 1.807) is 13.8 Å². The van der Waals surface area contributed by atoms with Crippen molar-refractivity contribution < 1.29 is 5.11 Å². The second-order valence-electron chi connectivity index (χ2n) is 4.51. The smallest absolute Gasteiger partial charge is 0.134 e. The topological polar surface area (TPSA) is 70.1 Å². The second kappa shape index (κ2) is 4.65. The Bertz CT molecular complexity index is 371. The summed E-state index contributed by atoms with van der Waals surface area (Å²) in [5, 5.41) is 15.8. The number of hydrogen-bond donors (Lipinski definition) is 3. The molecule has 0 aliphatic heterocycles. The lowest BCUT2D eigenvalue weighted by atomic mass is 10.1. The fourth-order valence-corrected chi connectivity index (χ4v) is 1.34. The Hall–Kier alpha value is -1.36. The van der Waals surface area contributed by atoms with Gasteiger partial charge in [-0.3, -0.25) is 0 Å². The van der Waals surface area contributed by atoms with Gasteiger partial charge in [0.2, 0.25) is 0 Å². The number of nitrogens with one attached hydrogen (secondary N) is 2. The van der Waals surface area contributed by atoms with Gasteiger partial charge in [0.15, 0.2) is 0 Å². The highest BCUT2D eigenvalue weighted by Gasteiger charge is 2.14. The standard InChI is InChI=1S/C11H20N4O/c1-7-9(12-5)14-8(2)15-10(7)13-6-11(3,4)16/h16H,6H2,1-5H3,(H2,12,13,14,15). The van der Waals surface area contributed by atoms with E-state index in [2.05, 4.69) is 20.6 Å². The van der Waals surface area contributed by atoms with Crippen LogP contribution in [-0.2, 0) is 0 Å². The number of aliphatic hydroxyl groups is 1. The summed E-state index contributed by atoms with van der Waals surface area (Å²) in [6, 6.07) is 0. The zero-order valence-electron chi connectivity index (χ0n) is 10.5. The first-order valence-corrected chi connectivity index (χ1v) is 5.33. The van der Waals surface area contributed by atoms with Crippen LogP contribution in [0, 0.1) is 13.8 Å². The van der Waals surface area contributed by atoms with Crippen LogP contribution in [0.4, 0.5) is 11.6 Å². The van der Waals surface area contributed by atoms with E-state index in [1.165, 1.54) is 0 Å². The SMILES string of the molecule is CNc1nc(C)nc(NCC(C)(C)O)c1C. The molecule has 0 saturated heterocycles. The van der Waals surface area contributed by atoms with Gasteiger partial charge >= 0.3 is 0 Å². The molecule has 0 fully saturated rings. The van der Waals surface area contributed by atoms with Crippen LogP contribution in [0.15, 0.2) is 0 Å². The zero-order valence-corrected chi connectivity index (χ0v) is 10.5. The number of aryl methyl sites for hydroxylation is 1. The first-order valence-electron chi connectivity index (χ1n) is 5.33. The van der Waals surface area contributed by atoms with Crippen molar-refractivity contribution >= 4 is 11.6 Å². The van der Waals surface area contributed by atoms with Crippen LogP contribution in [0.1, 0.15) is 25.2 Å². The minimum atomic E-state index is -0.759. The van der Waals surface area contributed by atoms with Crippen molar-refractivity contribution in [2.45, 2.75) is 33.3 Å². The van der Waals surface area contributed by atoms with E-state index in [4.69, 9.17) is 0 Å². The summed E-state index contributed by atoms with van der Waals surface area (Å²) in [6.45, 7) is 7.74. The summed E-state index contributed by atoms with van der Waals surface area (Å²) < 4.78 is 0. The molecule has 0 radical (unpaired) electrons. The Morgan fingerprint density at radius 3 is 2.25 bits per heavy atom. The number of rotatable bonds is 4. The number of aromatic nitrogens is 2. The number of nitrogens with zero attached hydrogens (tertiary/aromatic N) is 2. The van der Waals surface area contributed by atoms with Crippen molar-refractivity contribution in [3.8, 4) is 0 Å². The summed E-state index contributed by atoms with van der Waals surface area (Å²) in [5.41, 5.74) is 0.197. The summed E-state index contributed by atoms with van der Waals surface area (Å²) in [6.07, 6.45) is 0. The van der Waals surface area contributed by atoms with Gasteiger partial charge in [-0.25, -0.2) is 9.97 Å². The van der Waals surface area contributed by atoms with Crippen LogP contribution in [0.5, 0.6) is 0 Å². The average Bonchev–Trinajstić information content (AvgIpc) is 2.17. The van der Waals surface area contributed by atoms with Gasteiger partial charge in [0.25, 0.3) is 0 Å². The molecule has 5 heteroatoms. The van der Waals surface area contributed by atoms with Gasteiger partial charge in [-0.2, -0.15) is 0 Å². The highest BCUT2D eigenvalue weighted by atomic mass is 16.3. The molecule has 3 N–H and O–H groups in total. The van der Waals surface area contributed by atoms with Crippen molar-refractivity contribution in [3.05, 3.63) is 11.4 Å². The van der Waals surface area contributed by atoms with Gasteiger partial charge < -0.3 is 15.7 Å². The molecule has 0 aromatic carbocycles. The molecule has 5 nitrogen and oxygen atoms in total. The molecule has 0 bridgehead atoms. The molecule has 0 spiro atoms. The maximum absolute atomic E-state index is 9.64. The summed E-state index contributed by atoms with van der Waals surface area (Å²) in [4.78, 5) is 8.58. The van der Waals surface area contributed by atoms with Gasteiger partial charge in [0.1, 0.15) is 17.5 Å². The summed E-state index contributed by atoms with van der Waals surface area (Å²) in [7, 11) is 1.83. The Balaban J connectivity index is 2.91. The maximum Gasteiger partial charge on any atom is 0.134 e. The van der Waals surface area contributed by atoms with E-state index < -0.39 is 5.60 Å².